The summed E-state index contributed by atoms with van der Waals surface area (Å²) in [5, 5.41) is 5.13. The molecule has 0 aliphatic carbocycles. The summed E-state index contributed by atoms with van der Waals surface area (Å²) in [6.45, 7) is 1.84. The van der Waals surface area contributed by atoms with Crippen LogP contribution in [0.4, 0.5) is 17.6 Å². The second-order valence-electron chi connectivity index (χ2n) is 6.57. The van der Waals surface area contributed by atoms with Crippen LogP contribution in [0.25, 0.3) is 0 Å². The lowest BCUT2D eigenvalue weighted by atomic mass is 10.1. The molecule has 0 saturated carbocycles. The normalized spacial score (nSPS) is 25.2. The zero-order chi connectivity index (χ0) is 19.9. The van der Waals surface area contributed by atoms with Gasteiger partial charge in [-0.25, -0.2) is 4.39 Å². The van der Waals surface area contributed by atoms with Gasteiger partial charge in [0.1, 0.15) is 17.9 Å². The van der Waals surface area contributed by atoms with Crippen molar-refractivity contribution >= 4 is 17.7 Å². The minimum Gasteiger partial charge on any atom is -0.347 e. The number of halogens is 4. The molecule has 0 spiro atoms. The van der Waals surface area contributed by atoms with E-state index in [2.05, 4.69) is 10.6 Å². The van der Waals surface area contributed by atoms with Crippen LogP contribution in [0.15, 0.2) is 18.2 Å². The summed E-state index contributed by atoms with van der Waals surface area (Å²) in [7, 11) is 0. The van der Waals surface area contributed by atoms with Crippen molar-refractivity contribution in [3.8, 4) is 0 Å². The van der Waals surface area contributed by atoms with E-state index in [-0.39, 0.29) is 30.3 Å². The van der Waals surface area contributed by atoms with Crippen molar-refractivity contribution in [1.29, 1.82) is 0 Å². The van der Waals surface area contributed by atoms with Gasteiger partial charge in [0.25, 0.3) is 5.91 Å². The fourth-order valence-corrected chi connectivity index (χ4v) is 3.39. The van der Waals surface area contributed by atoms with E-state index in [0.717, 1.165) is 6.07 Å². The number of hydrogen-bond acceptors (Lipinski definition) is 3. The summed E-state index contributed by atoms with van der Waals surface area (Å²) in [5.41, 5.74) is -1.88. The Morgan fingerprint density at radius 2 is 2.04 bits per heavy atom. The van der Waals surface area contributed by atoms with Crippen LogP contribution in [0.5, 0.6) is 0 Å². The Kier molecular flexibility index (Phi) is 4.83. The van der Waals surface area contributed by atoms with Crippen molar-refractivity contribution in [2.24, 2.45) is 0 Å². The van der Waals surface area contributed by atoms with Crippen LogP contribution < -0.4 is 10.6 Å². The van der Waals surface area contributed by atoms with Gasteiger partial charge in [-0.3, -0.25) is 14.4 Å². The Hall–Kier alpha value is -2.65. The molecule has 0 bridgehead atoms. The van der Waals surface area contributed by atoms with Gasteiger partial charge in [0.05, 0.1) is 5.56 Å². The van der Waals surface area contributed by atoms with Crippen molar-refractivity contribution in [2.45, 2.75) is 44.1 Å². The highest BCUT2D eigenvalue weighted by molar-refractivity contribution is 5.98. The second kappa shape index (κ2) is 6.82. The monoisotopic (exact) mass is 387 g/mol. The van der Waals surface area contributed by atoms with E-state index in [1.807, 2.05) is 0 Å². The maximum atomic E-state index is 13.4. The molecular weight excluding hydrogens is 370 g/mol. The van der Waals surface area contributed by atoms with Crippen LogP contribution in [-0.4, -0.2) is 47.3 Å². The molecule has 146 valence electrons. The fourth-order valence-electron chi connectivity index (χ4n) is 3.39. The zero-order valence-electron chi connectivity index (χ0n) is 14.3. The second-order valence-corrected chi connectivity index (χ2v) is 6.57. The van der Waals surface area contributed by atoms with Gasteiger partial charge in [-0.1, -0.05) is 6.92 Å². The average Bonchev–Trinajstić information content (AvgIpc) is 3.02. The molecule has 1 aromatic carbocycles. The molecule has 6 nitrogen and oxygen atoms in total. The molecule has 3 amide bonds. The van der Waals surface area contributed by atoms with Crippen LogP contribution in [0.3, 0.4) is 0 Å². The summed E-state index contributed by atoms with van der Waals surface area (Å²) < 4.78 is 51.7. The lowest BCUT2D eigenvalue weighted by Crippen LogP contribution is -2.60. The highest BCUT2D eigenvalue weighted by Gasteiger charge is 2.46. The molecule has 1 aromatic rings. The van der Waals surface area contributed by atoms with Crippen LogP contribution in [0, 0.1) is 5.82 Å². The highest BCUT2D eigenvalue weighted by Crippen LogP contribution is 2.32. The Balaban J connectivity index is 1.73. The molecule has 2 aliphatic heterocycles. The third kappa shape index (κ3) is 3.60. The summed E-state index contributed by atoms with van der Waals surface area (Å²) in [6, 6.07) is 0.0511. The standard InChI is InChI=1S/C17H17F4N3O3/c1-2-12-16(27)24-7-9(6-13(24)15(26)23-12)22-14(25)8-3-4-11(18)10(5-8)17(19,20)21/h3-5,9,12-13H,2,6-7H2,1H3,(H,22,25)(H,23,26)/t9-,12-,13-/m0/s1. The predicted molar refractivity (Wildman–Crippen MR) is 85.0 cm³/mol. The number of alkyl halides is 3. The lowest BCUT2D eigenvalue weighted by molar-refractivity contribution is -0.147. The first-order valence-corrected chi connectivity index (χ1v) is 8.40. The number of hydrogen-bond donors (Lipinski definition) is 2. The first-order chi connectivity index (χ1) is 12.6. The SMILES string of the molecule is CC[C@@H]1NC(=O)[C@@H]2C[C@H](NC(=O)c3ccc(F)c(C(F)(F)F)c3)CN2C1=O. The molecule has 2 fully saturated rings. The molecule has 0 unspecified atom stereocenters. The quantitative estimate of drug-likeness (QED) is 0.771. The zero-order valence-corrected chi connectivity index (χ0v) is 14.3. The Labute approximate surface area is 151 Å². The lowest BCUT2D eigenvalue weighted by Gasteiger charge is -2.33. The smallest absolute Gasteiger partial charge is 0.347 e. The van der Waals surface area contributed by atoms with E-state index in [9.17, 15) is 31.9 Å². The number of carbonyl (C=O) groups is 3. The van der Waals surface area contributed by atoms with Crippen LogP contribution in [0.1, 0.15) is 35.7 Å². The molecule has 10 heteroatoms. The third-order valence-electron chi connectivity index (χ3n) is 4.78. The molecule has 2 heterocycles. The Morgan fingerprint density at radius 3 is 2.67 bits per heavy atom. The van der Waals surface area contributed by atoms with Gasteiger partial charge in [-0.15, -0.1) is 0 Å². The molecule has 3 atom stereocenters. The minimum atomic E-state index is -4.92. The minimum absolute atomic E-state index is 0.0898. The number of piperazine rings is 1. The summed E-state index contributed by atoms with van der Waals surface area (Å²) in [6.07, 6.45) is -4.33. The summed E-state index contributed by atoms with van der Waals surface area (Å²) in [5.74, 6) is -2.87. The topological polar surface area (TPSA) is 78.5 Å². The molecule has 0 radical (unpaired) electrons. The Bertz CT molecular complexity index is 796. The molecule has 2 aliphatic rings. The first kappa shape index (κ1) is 19.1. The number of carbonyl (C=O) groups excluding carboxylic acids is 3. The van der Waals surface area contributed by atoms with E-state index >= 15 is 0 Å². The van der Waals surface area contributed by atoms with Crippen molar-refractivity contribution in [2.75, 3.05) is 6.54 Å². The largest absolute Gasteiger partial charge is 0.419 e. The van der Waals surface area contributed by atoms with E-state index in [1.54, 1.807) is 6.92 Å². The fraction of sp³-hybridized carbons (Fsp3) is 0.471. The number of fused-ring (bicyclic) bond motifs is 1. The predicted octanol–water partition coefficient (Wildman–Crippen LogP) is 1.45. The third-order valence-corrected chi connectivity index (χ3v) is 4.78. The molecule has 2 saturated heterocycles. The number of amides is 3. The van der Waals surface area contributed by atoms with Gasteiger partial charge < -0.3 is 15.5 Å². The van der Waals surface area contributed by atoms with Gasteiger partial charge in [-0.05, 0) is 31.0 Å². The first-order valence-electron chi connectivity index (χ1n) is 8.40. The summed E-state index contributed by atoms with van der Waals surface area (Å²) in [4.78, 5) is 38.1. The van der Waals surface area contributed by atoms with Crippen molar-refractivity contribution in [1.82, 2.24) is 15.5 Å². The van der Waals surface area contributed by atoms with Crippen molar-refractivity contribution in [3.05, 3.63) is 35.1 Å². The summed E-state index contributed by atoms with van der Waals surface area (Å²) >= 11 is 0. The maximum Gasteiger partial charge on any atom is 0.419 e. The molecular formula is C17H17F4N3O3. The van der Waals surface area contributed by atoms with Crippen molar-refractivity contribution in [3.63, 3.8) is 0 Å². The van der Waals surface area contributed by atoms with Gasteiger partial charge in [0, 0.05) is 18.2 Å². The van der Waals surface area contributed by atoms with Gasteiger partial charge in [0.2, 0.25) is 11.8 Å². The number of benzene rings is 1. The Morgan fingerprint density at radius 1 is 1.33 bits per heavy atom. The highest BCUT2D eigenvalue weighted by atomic mass is 19.4. The van der Waals surface area contributed by atoms with Crippen LogP contribution in [0.2, 0.25) is 0 Å². The van der Waals surface area contributed by atoms with Crippen molar-refractivity contribution < 1.29 is 31.9 Å². The molecule has 2 N–H and O–H groups in total. The van der Waals surface area contributed by atoms with E-state index in [0.29, 0.717) is 18.6 Å². The molecule has 0 aromatic heterocycles. The average molecular weight is 387 g/mol. The van der Waals surface area contributed by atoms with Crippen LogP contribution in [-0.2, 0) is 15.8 Å². The van der Waals surface area contributed by atoms with Gasteiger partial charge in [-0.2, -0.15) is 13.2 Å². The molecule has 3 rings (SSSR count). The van der Waals surface area contributed by atoms with E-state index in [4.69, 9.17) is 0 Å². The van der Waals surface area contributed by atoms with E-state index in [1.165, 1.54) is 4.90 Å². The van der Waals surface area contributed by atoms with Crippen LogP contribution >= 0.6 is 0 Å². The number of nitrogens with zero attached hydrogens (tertiary/aromatic N) is 1. The number of rotatable bonds is 3. The number of nitrogens with one attached hydrogen (secondary N) is 2. The van der Waals surface area contributed by atoms with E-state index < -0.39 is 41.6 Å². The maximum absolute atomic E-state index is 13.4. The molecule has 27 heavy (non-hydrogen) atoms. The van der Waals surface area contributed by atoms with Gasteiger partial charge in [0.15, 0.2) is 0 Å². The van der Waals surface area contributed by atoms with Gasteiger partial charge >= 0.3 is 6.18 Å².